The van der Waals surface area contributed by atoms with Gasteiger partial charge in [0, 0.05) is 12.8 Å². The largest absolute Gasteiger partial charge is 0.477 e. The molecule has 9 heteroatoms. The number of unbranched alkanes of at least 4 members (excludes halogenated alkanes) is 18. The van der Waals surface area contributed by atoms with Gasteiger partial charge in [-0.1, -0.05) is 298 Å². The van der Waals surface area contributed by atoms with E-state index in [0.717, 1.165) is 135 Å². The fourth-order valence-electron chi connectivity index (χ4n) is 9.34. The molecule has 0 saturated carbocycles. The predicted octanol–water partition coefficient (Wildman–Crippen LogP) is 23.4. The molecule has 0 rings (SSSR count). The van der Waals surface area contributed by atoms with E-state index in [4.69, 9.17) is 18.9 Å². The number of rotatable bonds is 65. The van der Waals surface area contributed by atoms with Crippen molar-refractivity contribution in [3.8, 4) is 0 Å². The average Bonchev–Trinajstić information content (AvgIpc) is 3.38. The van der Waals surface area contributed by atoms with Gasteiger partial charge >= 0.3 is 17.9 Å². The summed E-state index contributed by atoms with van der Waals surface area (Å²) < 4.78 is 22.9. The molecule has 0 heterocycles. The van der Waals surface area contributed by atoms with E-state index in [-0.39, 0.29) is 38.6 Å². The number of nitrogens with zero attached hydrogens (tertiary/aromatic N) is 1. The van der Waals surface area contributed by atoms with Crippen LogP contribution < -0.4 is 0 Å². The highest BCUT2D eigenvalue weighted by molar-refractivity contribution is 5.71. The van der Waals surface area contributed by atoms with Gasteiger partial charge in [0.25, 0.3) is 6.29 Å². The van der Waals surface area contributed by atoms with Gasteiger partial charge in [0.2, 0.25) is 0 Å². The first kappa shape index (κ1) is 87.1. The maximum Gasteiger partial charge on any atom is 0.361 e. The van der Waals surface area contributed by atoms with Crippen molar-refractivity contribution in [1.82, 2.24) is 0 Å². The van der Waals surface area contributed by atoms with Gasteiger partial charge in [0.15, 0.2) is 6.10 Å². The van der Waals surface area contributed by atoms with Crippen LogP contribution in [0.25, 0.3) is 0 Å². The van der Waals surface area contributed by atoms with Crippen LogP contribution in [0.5, 0.6) is 0 Å². The Labute approximate surface area is 570 Å². The third kappa shape index (κ3) is 73.4. The Bertz CT molecular complexity index is 2230. The summed E-state index contributed by atoms with van der Waals surface area (Å²) in [6.45, 7) is 4.59. The summed E-state index contributed by atoms with van der Waals surface area (Å²) >= 11 is 0. The zero-order valence-electron chi connectivity index (χ0n) is 59.6. The highest BCUT2D eigenvalue weighted by Gasteiger charge is 2.25. The molecule has 2 atom stereocenters. The number of quaternary nitrogens is 1. The predicted molar refractivity (Wildman–Crippen MR) is 400 cm³/mol. The SMILES string of the molecule is CC/C=C\C/C=C\C/C=C\C/C=C\C/C=C\C/C=C\C/C=C\C/C=C\C/C=C\C/C=C\C/C=C\C/C=C\CCCCC(=O)OC(COC(=O)CCCCCCCCCCCCCCCCCC/C=C\C/C=C\C/C=C\C/C=C\CC)COC(OCC[N+](C)(C)C)C(=O)O. The minimum atomic E-state index is -1.54. The van der Waals surface area contributed by atoms with Gasteiger partial charge < -0.3 is 28.5 Å². The van der Waals surface area contributed by atoms with Gasteiger partial charge in [0.05, 0.1) is 34.4 Å². The molecule has 522 valence electrons. The van der Waals surface area contributed by atoms with Crippen molar-refractivity contribution in [2.75, 3.05) is 47.5 Å². The quantitative estimate of drug-likeness (QED) is 0.0211. The summed E-state index contributed by atoms with van der Waals surface area (Å²) in [4.78, 5) is 37.6. The summed E-state index contributed by atoms with van der Waals surface area (Å²) in [6, 6.07) is 0. The summed E-state index contributed by atoms with van der Waals surface area (Å²) in [5.41, 5.74) is 0. The van der Waals surface area contributed by atoms with Crippen LogP contribution >= 0.6 is 0 Å². The number of aliphatic carboxylic acids is 1. The number of ether oxygens (including phenoxy) is 4. The molecule has 0 aromatic carbocycles. The first-order valence-electron chi connectivity index (χ1n) is 36.6. The molecule has 0 amide bonds. The first-order chi connectivity index (χ1) is 45.6. The molecule has 0 spiro atoms. The fraction of sp³-hybridized carbons (Fsp3) is 0.583. The number of allylic oxidation sites excluding steroid dienone is 32. The lowest BCUT2D eigenvalue weighted by Gasteiger charge is -2.25. The number of carbonyl (C=O) groups is 3. The van der Waals surface area contributed by atoms with Gasteiger partial charge in [-0.25, -0.2) is 4.79 Å². The van der Waals surface area contributed by atoms with Crippen LogP contribution in [0.15, 0.2) is 194 Å². The second kappa shape index (κ2) is 72.0. The highest BCUT2D eigenvalue weighted by atomic mass is 16.7. The molecule has 0 radical (unpaired) electrons. The molecule has 0 fully saturated rings. The molecule has 1 N–H and O–H groups in total. The number of carboxylic acid groups (broad SMARTS) is 1. The van der Waals surface area contributed by atoms with Crippen molar-refractivity contribution in [1.29, 1.82) is 0 Å². The Hall–Kier alpha value is -5.87. The van der Waals surface area contributed by atoms with Gasteiger partial charge in [-0.3, -0.25) is 9.59 Å². The topological polar surface area (TPSA) is 108 Å². The summed E-state index contributed by atoms with van der Waals surface area (Å²) in [5, 5.41) is 9.75. The van der Waals surface area contributed by atoms with Gasteiger partial charge in [-0.2, -0.15) is 0 Å². The van der Waals surface area contributed by atoms with Crippen molar-refractivity contribution >= 4 is 17.9 Å². The molecular weight excluding hydrogens is 1150 g/mol. The summed E-state index contributed by atoms with van der Waals surface area (Å²) in [5.74, 6) is -2.08. The number of esters is 2. The average molecular weight is 1290 g/mol. The normalized spacial score (nSPS) is 13.9. The van der Waals surface area contributed by atoms with Gasteiger partial charge in [0.1, 0.15) is 13.2 Å². The number of hydrogen-bond donors (Lipinski definition) is 1. The molecule has 0 aliphatic rings. The second-order valence-electron chi connectivity index (χ2n) is 24.8. The Morgan fingerprint density at radius 2 is 0.581 bits per heavy atom. The van der Waals surface area contributed by atoms with Gasteiger partial charge in [-0.15, -0.1) is 0 Å². The van der Waals surface area contributed by atoms with Crippen molar-refractivity contribution in [3.05, 3.63) is 194 Å². The third-order valence-electron chi connectivity index (χ3n) is 14.8. The molecule has 0 aliphatic carbocycles. The van der Waals surface area contributed by atoms with E-state index < -0.39 is 24.3 Å². The molecule has 0 aromatic heterocycles. The van der Waals surface area contributed by atoms with Crippen LogP contribution in [0.4, 0.5) is 0 Å². The number of likely N-dealkylation sites (N-methyl/N-ethyl adjacent to an activating group) is 1. The standard InChI is InChI=1S/C84H133NO8/c1-6-8-10-12-14-16-18-20-22-24-26-28-30-32-34-36-37-38-39-40-41-42-43-44-45-47-49-51-53-55-57-59-61-63-65-67-69-71-73-75-82(87)93-80(79-92-84(83(88)89)90-77-76-85(3,4)5)78-91-81(86)74-72-70-68-66-64-62-60-58-56-54-52-50-48-46-35-33-31-29-27-25-23-21-19-17-15-13-11-9-7-2/h8-11,14-17,20-23,26-29,32,34,37-38,40-41,43-44,47,49,53,55,59,61,65,67,80,84H,6-7,12-13,18-19,24-25,30-31,33,35-36,39,42,45-46,48,50-52,54,56-58,60,62-64,66,68-79H2,1-5H3/p+1/b10-8-,11-9-,16-14-,17-15-,22-20-,23-21-,28-26-,29-27-,34-32-,38-37-,41-40-,44-43-,49-47-,55-53-,61-59-,67-65-. The van der Waals surface area contributed by atoms with Crippen LogP contribution in [0.1, 0.15) is 258 Å². The number of carboxylic acids is 1. The van der Waals surface area contributed by atoms with E-state index in [1.165, 1.54) is 89.9 Å². The van der Waals surface area contributed by atoms with Crippen LogP contribution in [-0.4, -0.2) is 87.4 Å². The van der Waals surface area contributed by atoms with E-state index in [0.29, 0.717) is 17.4 Å². The van der Waals surface area contributed by atoms with Crippen molar-refractivity contribution < 1.29 is 42.9 Å². The van der Waals surface area contributed by atoms with Crippen LogP contribution in [0.3, 0.4) is 0 Å². The van der Waals surface area contributed by atoms with Crippen LogP contribution in [0, 0.1) is 0 Å². The molecule has 9 nitrogen and oxygen atoms in total. The lowest BCUT2D eigenvalue weighted by atomic mass is 10.0. The maximum atomic E-state index is 12.9. The monoisotopic (exact) mass is 1290 g/mol. The molecule has 0 saturated heterocycles. The third-order valence-corrected chi connectivity index (χ3v) is 14.8. The molecule has 0 bridgehead atoms. The van der Waals surface area contributed by atoms with Crippen LogP contribution in [0.2, 0.25) is 0 Å². The van der Waals surface area contributed by atoms with Crippen molar-refractivity contribution in [3.63, 3.8) is 0 Å². The van der Waals surface area contributed by atoms with Crippen molar-refractivity contribution in [2.24, 2.45) is 0 Å². The molecule has 0 aliphatic heterocycles. The van der Waals surface area contributed by atoms with E-state index in [2.05, 4.69) is 208 Å². The number of carbonyl (C=O) groups excluding carboxylic acids is 2. The molecule has 93 heavy (non-hydrogen) atoms. The summed E-state index contributed by atoms with van der Waals surface area (Å²) in [7, 11) is 5.95. The van der Waals surface area contributed by atoms with Gasteiger partial charge in [-0.05, 0) is 141 Å². The first-order valence-corrected chi connectivity index (χ1v) is 36.6. The zero-order valence-corrected chi connectivity index (χ0v) is 59.6. The second-order valence-corrected chi connectivity index (χ2v) is 24.8. The summed E-state index contributed by atoms with van der Waals surface area (Å²) in [6.07, 6.45) is 108. The maximum absolute atomic E-state index is 12.9. The highest BCUT2D eigenvalue weighted by Crippen LogP contribution is 2.16. The van der Waals surface area contributed by atoms with Crippen LogP contribution in [-0.2, 0) is 33.3 Å². The minimum Gasteiger partial charge on any atom is -0.477 e. The Kier molecular flexibility index (Phi) is 67.4. The lowest BCUT2D eigenvalue weighted by Crippen LogP contribution is -2.40. The fourth-order valence-corrected chi connectivity index (χ4v) is 9.34. The molecular formula is C84H134NO8+. The van der Waals surface area contributed by atoms with E-state index >= 15 is 0 Å². The Morgan fingerprint density at radius 1 is 0.323 bits per heavy atom. The van der Waals surface area contributed by atoms with E-state index in [1.807, 2.05) is 21.1 Å². The van der Waals surface area contributed by atoms with Crippen molar-refractivity contribution in [2.45, 2.75) is 270 Å². The zero-order chi connectivity index (χ0) is 67.5. The lowest BCUT2D eigenvalue weighted by molar-refractivity contribution is -0.870. The smallest absolute Gasteiger partial charge is 0.361 e. The number of hydrogen-bond acceptors (Lipinski definition) is 7. The molecule has 0 aromatic rings. The van der Waals surface area contributed by atoms with E-state index in [9.17, 15) is 19.5 Å². The molecule has 2 unspecified atom stereocenters. The van der Waals surface area contributed by atoms with E-state index in [1.54, 1.807) is 0 Å². The Balaban J connectivity index is 4.25. The minimum absolute atomic E-state index is 0.169. The Morgan fingerprint density at radius 3 is 0.882 bits per heavy atom.